The standard InChI is InChI=1S/C15H20N4O2/c1-5-19-14(13(16)10(3)18-19)15(20)17-11-7-6-9(2)8-12(11)21-4/h6-8H,5,16H2,1-4H3,(H,17,20). The van der Waals surface area contributed by atoms with Crippen molar-refractivity contribution in [2.24, 2.45) is 0 Å². The number of benzene rings is 1. The monoisotopic (exact) mass is 288 g/mol. The van der Waals surface area contributed by atoms with E-state index in [-0.39, 0.29) is 5.91 Å². The number of anilines is 2. The molecule has 1 heterocycles. The maximum Gasteiger partial charge on any atom is 0.276 e. The van der Waals surface area contributed by atoms with Crippen LogP contribution in [0.4, 0.5) is 11.4 Å². The molecule has 0 aliphatic heterocycles. The van der Waals surface area contributed by atoms with Gasteiger partial charge < -0.3 is 15.8 Å². The highest BCUT2D eigenvalue weighted by Gasteiger charge is 2.20. The summed E-state index contributed by atoms with van der Waals surface area (Å²) in [5.74, 6) is 0.318. The molecule has 2 aromatic rings. The van der Waals surface area contributed by atoms with Gasteiger partial charge in [0.15, 0.2) is 0 Å². The Balaban J connectivity index is 2.35. The summed E-state index contributed by atoms with van der Waals surface area (Å²) in [6.45, 7) is 6.23. The predicted molar refractivity (Wildman–Crippen MR) is 82.7 cm³/mol. The summed E-state index contributed by atoms with van der Waals surface area (Å²) < 4.78 is 6.88. The Morgan fingerprint density at radius 3 is 2.76 bits per heavy atom. The zero-order valence-electron chi connectivity index (χ0n) is 12.7. The molecule has 0 saturated carbocycles. The van der Waals surface area contributed by atoms with Gasteiger partial charge in [0.05, 0.1) is 24.2 Å². The Hall–Kier alpha value is -2.50. The van der Waals surface area contributed by atoms with E-state index in [2.05, 4.69) is 10.4 Å². The summed E-state index contributed by atoms with van der Waals surface area (Å²) in [5, 5.41) is 7.08. The van der Waals surface area contributed by atoms with Crippen molar-refractivity contribution in [2.75, 3.05) is 18.2 Å². The number of methoxy groups -OCH3 is 1. The lowest BCUT2D eigenvalue weighted by Crippen LogP contribution is -2.19. The third kappa shape index (κ3) is 2.84. The van der Waals surface area contributed by atoms with Gasteiger partial charge in [-0.15, -0.1) is 0 Å². The van der Waals surface area contributed by atoms with Crippen LogP contribution in [0.15, 0.2) is 18.2 Å². The maximum atomic E-state index is 12.5. The Labute approximate surface area is 123 Å². The molecule has 0 bridgehead atoms. The number of hydrogen-bond donors (Lipinski definition) is 2. The van der Waals surface area contributed by atoms with Crippen LogP contribution in [-0.4, -0.2) is 22.8 Å². The largest absolute Gasteiger partial charge is 0.495 e. The molecule has 112 valence electrons. The van der Waals surface area contributed by atoms with Gasteiger partial charge in [-0.05, 0) is 38.5 Å². The lowest BCUT2D eigenvalue weighted by molar-refractivity contribution is 0.101. The first-order chi connectivity index (χ1) is 9.97. The number of carbonyl (C=O) groups excluding carboxylic acids is 1. The fourth-order valence-electron chi connectivity index (χ4n) is 2.15. The first-order valence-corrected chi connectivity index (χ1v) is 6.76. The van der Waals surface area contributed by atoms with Gasteiger partial charge >= 0.3 is 0 Å². The zero-order chi connectivity index (χ0) is 15.6. The van der Waals surface area contributed by atoms with E-state index in [9.17, 15) is 4.79 Å². The Kier molecular flexibility index (Phi) is 4.16. The van der Waals surface area contributed by atoms with Gasteiger partial charge in [-0.25, -0.2) is 0 Å². The van der Waals surface area contributed by atoms with E-state index in [1.54, 1.807) is 18.7 Å². The molecular weight excluding hydrogens is 268 g/mol. The molecule has 0 unspecified atom stereocenters. The van der Waals surface area contributed by atoms with Crippen LogP contribution in [0, 0.1) is 13.8 Å². The summed E-state index contributed by atoms with van der Waals surface area (Å²) in [4.78, 5) is 12.5. The molecule has 0 radical (unpaired) electrons. The maximum absolute atomic E-state index is 12.5. The lowest BCUT2D eigenvalue weighted by atomic mass is 10.2. The number of nitrogen functional groups attached to an aromatic ring is 1. The zero-order valence-corrected chi connectivity index (χ0v) is 12.7. The molecule has 6 heteroatoms. The van der Waals surface area contributed by atoms with Crippen molar-refractivity contribution in [1.29, 1.82) is 0 Å². The van der Waals surface area contributed by atoms with E-state index >= 15 is 0 Å². The number of carbonyl (C=O) groups is 1. The van der Waals surface area contributed by atoms with E-state index in [4.69, 9.17) is 10.5 Å². The van der Waals surface area contributed by atoms with Crippen molar-refractivity contribution in [3.63, 3.8) is 0 Å². The number of ether oxygens (including phenoxy) is 1. The predicted octanol–water partition coefficient (Wildman–Crippen LogP) is 2.36. The second-order valence-electron chi connectivity index (χ2n) is 4.82. The second-order valence-corrected chi connectivity index (χ2v) is 4.82. The number of nitrogens with zero attached hydrogens (tertiary/aromatic N) is 2. The van der Waals surface area contributed by atoms with E-state index in [0.29, 0.717) is 35.1 Å². The van der Waals surface area contributed by atoms with Crippen molar-refractivity contribution in [3.8, 4) is 5.75 Å². The highest BCUT2D eigenvalue weighted by atomic mass is 16.5. The average Bonchev–Trinajstić information content (AvgIpc) is 2.76. The van der Waals surface area contributed by atoms with Gasteiger partial charge in [-0.1, -0.05) is 6.07 Å². The molecule has 2 rings (SSSR count). The van der Waals surface area contributed by atoms with Gasteiger partial charge in [-0.3, -0.25) is 9.48 Å². The van der Waals surface area contributed by atoms with Crippen molar-refractivity contribution in [2.45, 2.75) is 27.3 Å². The molecule has 1 aromatic heterocycles. The number of rotatable bonds is 4. The van der Waals surface area contributed by atoms with Gasteiger partial charge in [0, 0.05) is 6.54 Å². The van der Waals surface area contributed by atoms with Crippen LogP contribution in [0.5, 0.6) is 5.75 Å². The van der Waals surface area contributed by atoms with Crippen molar-refractivity contribution in [1.82, 2.24) is 9.78 Å². The highest BCUT2D eigenvalue weighted by Crippen LogP contribution is 2.26. The third-order valence-corrected chi connectivity index (χ3v) is 3.29. The fraction of sp³-hybridized carbons (Fsp3) is 0.333. The highest BCUT2D eigenvalue weighted by molar-refractivity contribution is 6.07. The number of nitrogens with one attached hydrogen (secondary N) is 1. The van der Waals surface area contributed by atoms with Crippen LogP contribution in [0.1, 0.15) is 28.7 Å². The molecule has 0 saturated heterocycles. The fourth-order valence-corrected chi connectivity index (χ4v) is 2.15. The van der Waals surface area contributed by atoms with E-state index in [0.717, 1.165) is 5.56 Å². The van der Waals surface area contributed by atoms with Crippen LogP contribution in [0.2, 0.25) is 0 Å². The second kappa shape index (κ2) is 5.87. The minimum atomic E-state index is -0.294. The van der Waals surface area contributed by atoms with Crippen LogP contribution in [0.25, 0.3) is 0 Å². The molecule has 0 aliphatic rings. The van der Waals surface area contributed by atoms with Crippen molar-refractivity contribution >= 4 is 17.3 Å². The summed E-state index contributed by atoms with van der Waals surface area (Å²) in [5.41, 5.74) is 9.04. The molecule has 1 amide bonds. The Morgan fingerprint density at radius 2 is 2.14 bits per heavy atom. The molecule has 6 nitrogen and oxygen atoms in total. The molecule has 3 N–H and O–H groups in total. The van der Waals surface area contributed by atoms with Gasteiger partial charge in [0.1, 0.15) is 11.4 Å². The lowest BCUT2D eigenvalue weighted by Gasteiger charge is -2.12. The molecule has 0 atom stereocenters. The molecule has 21 heavy (non-hydrogen) atoms. The van der Waals surface area contributed by atoms with Gasteiger partial charge in [0.2, 0.25) is 0 Å². The van der Waals surface area contributed by atoms with Gasteiger partial charge in [0.25, 0.3) is 5.91 Å². The smallest absolute Gasteiger partial charge is 0.276 e. The third-order valence-electron chi connectivity index (χ3n) is 3.29. The number of aryl methyl sites for hydroxylation is 3. The quantitative estimate of drug-likeness (QED) is 0.904. The van der Waals surface area contributed by atoms with E-state index in [1.165, 1.54) is 0 Å². The normalized spacial score (nSPS) is 10.5. The van der Waals surface area contributed by atoms with E-state index in [1.807, 2.05) is 32.0 Å². The number of aromatic nitrogens is 2. The van der Waals surface area contributed by atoms with Crippen LogP contribution in [0.3, 0.4) is 0 Å². The molecule has 0 fully saturated rings. The summed E-state index contributed by atoms with van der Waals surface area (Å²) in [7, 11) is 1.57. The summed E-state index contributed by atoms with van der Waals surface area (Å²) in [6, 6.07) is 5.58. The minimum absolute atomic E-state index is 0.294. The first kappa shape index (κ1) is 14.9. The van der Waals surface area contributed by atoms with E-state index < -0.39 is 0 Å². The van der Waals surface area contributed by atoms with Crippen molar-refractivity contribution < 1.29 is 9.53 Å². The van der Waals surface area contributed by atoms with Gasteiger partial charge in [-0.2, -0.15) is 5.10 Å². The molecule has 0 spiro atoms. The van der Waals surface area contributed by atoms with Crippen molar-refractivity contribution in [3.05, 3.63) is 35.2 Å². The number of nitrogens with two attached hydrogens (primary N) is 1. The molecule has 0 aliphatic carbocycles. The topological polar surface area (TPSA) is 82.2 Å². The molecule has 1 aromatic carbocycles. The Bertz CT molecular complexity index is 677. The van der Waals surface area contributed by atoms with Crippen LogP contribution < -0.4 is 15.8 Å². The van der Waals surface area contributed by atoms with Crippen LogP contribution >= 0.6 is 0 Å². The number of amides is 1. The Morgan fingerprint density at radius 1 is 1.43 bits per heavy atom. The SMILES string of the molecule is CCn1nc(C)c(N)c1C(=O)Nc1ccc(C)cc1OC. The first-order valence-electron chi connectivity index (χ1n) is 6.76. The molecular formula is C15H20N4O2. The number of hydrogen-bond acceptors (Lipinski definition) is 4. The minimum Gasteiger partial charge on any atom is -0.495 e. The average molecular weight is 288 g/mol. The summed E-state index contributed by atoms with van der Waals surface area (Å²) in [6.07, 6.45) is 0. The summed E-state index contributed by atoms with van der Waals surface area (Å²) >= 11 is 0. The van der Waals surface area contributed by atoms with Crippen LogP contribution in [-0.2, 0) is 6.54 Å².